The molecule has 0 heterocycles. The van der Waals surface area contributed by atoms with Gasteiger partial charge in [0.05, 0.1) is 11.3 Å². The fourth-order valence-corrected chi connectivity index (χ4v) is 2.49. The Hall–Kier alpha value is -2.90. The summed E-state index contributed by atoms with van der Waals surface area (Å²) in [6.45, 7) is 6.64. The lowest BCUT2D eigenvalue weighted by molar-refractivity contribution is -0.128. The Labute approximate surface area is 183 Å². The molecule has 7 nitrogen and oxygen atoms in total. The van der Waals surface area contributed by atoms with Crippen LogP contribution >= 0.6 is 12.4 Å². The van der Waals surface area contributed by atoms with Crippen LogP contribution in [-0.2, 0) is 11.3 Å². The van der Waals surface area contributed by atoms with Crippen molar-refractivity contribution < 1.29 is 14.4 Å². The summed E-state index contributed by atoms with van der Waals surface area (Å²) in [5, 5.41) is 8.34. The van der Waals surface area contributed by atoms with E-state index in [1.54, 1.807) is 48.5 Å². The molecule has 8 heteroatoms. The Morgan fingerprint density at radius 1 is 0.900 bits per heavy atom. The molecule has 0 unspecified atom stereocenters. The van der Waals surface area contributed by atoms with E-state index < -0.39 is 5.41 Å². The fourth-order valence-electron chi connectivity index (χ4n) is 2.49. The van der Waals surface area contributed by atoms with Crippen molar-refractivity contribution in [2.45, 2.75) is 27.3 Å². The maximum atomic E-state index is 12.6. The van der Waals surface area contributed by atoms with Gasteiger partial charge in [-0.15, -0.1) is 12.4 Å². The maximum absolute atomic E-state index is 12.6. The van der Waals surface area contributed by atoms with E-state index in [1.807, 2.05) is 20.8 Å². The standard InChI is InChI=1S/C22H28N4O3.ClH/c1-22(2,3)21(29)25-14-15-8-10-16(11-9-15)19(27)26-18-7-5-4-6-17(18)20(28)24-13-12-23;/h4-11H,12-14,23H2,1-3H3,(H,24,28)(H,25,29)(H,26,27);1H. The number of para-hydroxylation sites is 1. The number of hydrogen-bond donors (Lipinski definition) is 4. The molecule has 3 amide bonds. The second-order valence-corrected chi connectivity index (χ2v) is 7.67. The molecular formula is C22H29ClN4O3. The molecule has 2 rings (SSSR count). The second kappa shape index (κ2) is 11.3. The van der Waals surface area contributed by atoms with E-state index in [0.29, 0.717) is 36.4 Å². The summed E-state index contributed by atoms with van der Waals surface area (Å²) in [7, 11) is 0. The van der Waals surface area contributed by atoms with Gasteiger partial charge in [-0.3, -0.25) is 14.4 Å². The molecule has 30 heavy (non-hydrogen) atoms. The van der Waals surface area contributed by atoms with Crippen molar-refractivity contribution in [3.05, 3.63) is 65.2 Å². The first-order chi connectivity index (χ1) is 13.7. The molecule has 0 aliphatic rings. The van der Waals surface area contributed by atoms with Crippen LogP contribution in [-0.4, -0.2) is 30.8 Å². The zero-order valence-corrected chi connectivity index (χ0v) is 18.3. The van der Waals surface area contributed by atoms with Crippen molar-refractivity contribution in [3.63, 3.8) is 0 Å². The lowest BCUT2D eigenvalue weighted by atomic mass is 9.95. The minimum absolute atomic E-state index is 0. The van der Waals surface area contributed by atoms with Gasteiger partial charge in [-0.05, 0) is 29.8 Å². The van der Waals surface area contributed by atoms with Crippen molar-refractivity contribution >= 4 is 35.8 Å². The molecule has 0 atom stereocenters. The van der Waals surface area contributed by atoms with Gasteiger partial charge in [-0.2, -0.15) is 0 Å². The van der Waals surface area contributed by atoms with Crippen LogP contribution < -0.4 is 21.7 Å². The molecular weight excluding hydrogens is 404 g/mol. The number of amides is 3. The molecule has 0 saturated carbocycles. The molecule has 2 aromatic carbocycles. The Kier molecular flexibility index (Phi) is 9.49. The van der Waals surface area contributed by atoms with Gasteiger partial charge < -0.3 is 21.7 Å². The molecule has 0 bridgehead atoms. The number of carbonyl (C=O) groups excluding carboxylic acids is 3. The topological polar surface area (TPSA) is 113 Å². The predicted molar refractivity (Wildman–Crippen MR) is 121 cm³/mol. The highest BCUT2D eigenvalue weighted by molar-refractivity contribution is 6.09. The molecule has 0 aliphatic heterocycles. The summed E-state index contributed by atoms with van der Waals surface area (Å²) in [5.74, 6) is -0.658. The van der Waals surface area contributed by atoms with Gasteiger partial charge in [-0.25, -0.2) is 0 Å². The third-order valence-corrected chi connectivity index (χ3v) is 4.20. The lowest BCUT2D eigenvalue weighted by Gasteiger charge is -2.17. The molecule has 0 radical (unpaired) electrons. The van der Waals surface area contributed by atoms with E-state index in [1.165, 1.54) is 0 Å². The summed E-state index contributed by atoms with van der Waals surface area (Å²) in [6.07, 6.45) is 0. The number of hydrogen-bond acceptors (Lipinski definition) is 4. The number of nitrogens with one attached hydrogen (secondary N) is 3. The van der Waals surface area contributed by atoms with Crippen LogP contribution in [0.1, 0.15) is 47.1 Å². The molecule has 0 saturated heterocycles. The summed E-state index contributed by atoms with van der Waals surface area (Å²) < 4.78 is 0. The molecule has 0 aromatic heterocycles. The van der Waals surface area contributed by atoms with Gasteiger partial charge in [0.1, 0.15) is 0 Å². The van der Waals surface area contributed by atoms with Crippen LogP contribution in [0.3, 0.4) is 0 Å². The summed E-state index contributed by atoms with van der Waals surface area (Å²) in [4.78, 5) is 36.8. The monoisotopic (exact) mass is 432 g/mol. The van der Waals surface area contributed by atoms with Crippen LogP contribution in [0.25, 0.3) is 0 Å². The van der Waals surface area contributed by atoms with E-state index in [2.05, 4.69) is 16.0 Å². The smallest absolute Gasteiger partial charge is 0.255 e. The third-order valence-electron chi connectivity index (χ3n) is 4.20. The van der Waals surface area contributed by atoms with Crippen molar-refractivity contribution in [1.29, 1.82) is 0 Å². The highest BCUT2D eigenvalue weighted by Gasteiger charge is 2.20. The third kappa shape index (κ3) is 7.17. The van der Waals surface area contributed by atoms with Gasteiger partial charge in [-0.1, -0.05) is 45.0 Å². The summed E-state index contributed by atoms with van der Waals surface area (Å²) in [5.41, 5.74) is 7.10. The number of rotatable bonds is 7. The summed E-state index contributed by atoms with van der Waals surface area (Å²) >= 11 is 0. The Bertz CT molecular complexity index is 877. The van der Waals surface area contributed by atoms with Crippen molar-refractivity contribution in [3.8, 4) is 0 Å². The van der Waals surface area contributed by atoms with Gasteiger partial charge >= 0.3 is 0 Å². The van der Waals surface area contributed by atoms with Crippen molar-refractivity contribution in [1.82, 2.24) is 10.6 Å². The van der Waals surface area contributed by atoms with E-state index in [-0.39, 0.29) is 30.1 Å². The molecule has 2 aromatic rings. The van der Waals surface area contributed by atoms with Crippen LogP contribution in [0.5, 0.6) is 0 Å². The Balaban J connectivity index is 0.00000450. The Morgan fingerprint density at radius 2 is 1.53 bits per heavy atom. The predicted octanol–water partition coefficient (Wildman–Crippen LogP) is 2.71. The first-order valence-corrected chi connectivity index (χ1v) is 9.48. The molecule has 0 aliphatic carbocycles. The van der Waals surface area contributed by atoms with E-state index >= 15 is 0 Å². The van der Waals surface area contributed by atoms with Crippen LogP contribution in [0, 0.1) is 5.41 Å². The van der Waals surface area contributed by atoms with Crippen molar-refractivity contribution in [2.24, 2.45) is 11.1 Å². The quantitative estimate of drug-likeness (QED) is 0.538. The van der Waals surface area contributed by atoms with Gasteiger partial charge in [0, 0.05) is 30.6 Å². The number of benzene rings is 2. The van der Waals surface area contributed by atoms with Crippen LogP contribution in [0.2, 0.25) is 0 Å². The zero-order chi connectivity index (χ0) is 21.4. The van der Waals surface area contributed by atoms with E-state index in [9.17, 15) is 14.4 Å². The molecule has 0 fully saturated rings. The van der Waals surface area contributed by atoms with Gasteiger partial charge in [0.2, 0.25) is 5.91 Å². The second-order valence-electron chi connectivity index (χ2n) is 7.67. The molecule has 5 N–H and O–H groups in total. The average Bonchev–Trinajstić information content (AvgIpc) is 2.70. The number of halogens is 1. The van der Waals surface area contributed by atoms with Crippen LogP contribution in [0.15, 0.2) is 48.5 Å². The minimum atomic E-state index is -0.455. The van der Waals surface area contributed by atoms with Gasteiger partial charge in [0.25, 0.3) is 11.8 Å². The highest BCUT2D eigenvalue weighted by atomic mass is 35.5. The summed E-state index contributed by atoms with van der Waals surface area (Å²) in [6, 6.07) is 13.7. The SMILES string of the molecule is CC(C)(C)C(=O)NCc1ccc(C(=O)Nc2ccccc2C(=O)NCCN)cc1.Cl. The van der Waals surface area contributed by atoms with Crippen LogP contribution in [0.4, 0.5) is 5.69 Å². The lowest BCUT2D eigenvalue weighted by Crippen LogP contribution is -2.34. The Morgan fingerprint density at radius 3 is 2.13 bits per heavy atom. The van der Waals surface area contributed by atoms with E-state index in [0.717, 1.165) is 5.56 Å². The van der Waals surface area contributed by atoms with Gasteiger partial charge in [0.15, 0.2) is 0 Å². The number of nitrogens with two attached hydrogens (primary N) is 1. The largest absolute Gasteiger partial charge is 0.352 e. The average molecular weight is 433 g/mol. The van der Waals surface area contributed by atoms with E-state index in [4.69, 9.17) is 5.73 Å². The van der Waals surface area contributed by atoms with Crippen molar-refractivity contribution in [2.75, 3.05) is 18.4 Å². The highest BCUT2D eigenvalue weighted by Crippen LogP contribution is 2.17. The first kappa shape index (κ1) is 25.1. The number of anilines is 1. The minimum Gasteiger partial charge on any atom is -0.352 e. The zero-order valence-electron chi connectivity index (χ0n) is 17.5. The normalized spacial score (nSPS) is 10.5. The molecule has 162 valence electrons. The first-order valence-electron chi connectivity index (χ1n) is 9.48. The maximum Gasteiger partial charge on any atom is 0.255 e. The fraction of sp³-hybridized carbons (Fsp3) is 0.318. The number of carbonyl (C=O) groups is 3. The molecule has 0 spiro atoms.